The lowest BCUT2D eigenvalue weighted by Crippen LogP contribution is -2.62. The van der Waals surface area contributed by atoms with Crippen LogP contribution < -0.4 is 0 Å². The van der Waals surface area contributed by atoms with Gasteiger partial charge in [0.2, 0.25) is 0 Å². The summed E-state index contributed by atoms with van der Waals surface area (Å²) in [6.45, 7) is 2.94. The molecule has 0 unspecified atom stereocenters. The van der Waals surface area contributed by atoms with Crippen molar-refractivity contribution in [3.05, 3.63) is 0 Å². The van der Waals surface area contributed by atoms with Crippen molar-refractivity contribution in [2.24, 2.45) is 0 Å². The van der Waals surface area contributed by atoms with Gasteiger partial charge in [0.1, 0.15) is 36.6 Å². The number of aliphatic hydroxyl groups excluding tert-OH is 6. The Bertz CT molecular complexity index is 354. The summed E-state index contributed by atoms with van der Waals surface area (Å²) in [6, 6.07) is 0. The fourth-order valence-corrected chi connectivity index (χ4v) is 2.45. The molecular formula is C12H22O9. The summed E-state index contributed by atoms with van der Waals surface area (Å²) in [4.78, 5) is 0. The van der Waals surface area contributed by atoms with Gasteiger partial charge in [0.05, 0.1) is 12.2 Å². The first kappa shape index (κ1) is 17.0. The molecule has 9 heteroatoms. The van der Waals surface area contributed by atoms with Gasteiger partial charge in [-0.2, -0.15) is 0 Å². The van der Waals surface area contributed by atoms with Gasteiger partial charge in [-0.15, -0.1) is 0 Å². The van der Waals surface area contributed by atoms with Gasteiger partial charge in [-0.3, -0.25) is 0 Å². The highest BCUT2D eigenvalue weighted by Gasteiger charge is 2.48. The van der Waals surface area contributed by atoms with Crippen LogP contribution in [0.5, 0.6) is 0 Å². The van der Waals surface area contributed by atoms with E-state index in [0.717, 1.165) is 0 Å². The van der Waals surface area contributed by atoms with Crippen molar-refractivity contribution in [1.29, 1.82) is 0 Å². The van der Waals surface area contributed by atoms with Crippen molar-refractivity contribution in [1.82, 2.24) is 0 Å². The summed E-state index contributed by atoms with van der Waals surface area (Å²) in [5.41, 5.74) is 0. The second kappa shape index (κ2) is 6.41. The lowest BCUT2D eigenvalue weighted by molar-refractivity contribution is -0.356. The minimum atomic E-state index is -1.58. The molecule has 2 rings (SSSR count). The van der Waals surface area contributed by atoms with Crippen LogP contribution >= 0.6 is 0 Å². The number of hydrogen-bond donors (Lipinski definition) is 6. The average Bonchev–Trinajstić information content (AvgIpc) is 2.44. The first-order chi connectivity index (χ1) is 9.73. The lowest BCUT2D eigenvalue weighted by Gasteiger charge is -2.44. The molecule has 0 aromatic heterocycles. The molecule has 9 nitrogen and oxygen atoms in total. The van der Waals surface area contributed by atoms with Gasteiger partial charge < -0.3 is 44.8 Å². The SMILES string of the molecule is C[C@@H]1O[C@@H](O[C@@H]2[C@H](O)[C@H](O)[C@H](C)O[C@H]2O)[C@H](O)[C@H](O)[C@H]1O. The van der Waals surface area contributed by atoms with E-state index in [0.29, 0.717) is 0 Å². The third-order valence-electron chi connectivity index (χ3n) is 3.90. The van der Waals surface area contributed by atoms with Crippen LogP contribution in [-0.2, 0) is 14.2 Å². The molecule has 2 aliphatic rings. The molecule has 0 aromatic carbocycles. The summed E-state index contributed by atoms with van der Waals surface area (Å²) in [5, 5.41) is 58.5. The fourth-order valence-electron chi connectivity index (χ4n) is 2.45. The zero-order chi connectivity index (χ0) is 15.9. The molecule has 2 fully saturated rings. The third kappa shape index (κ3) is 3.21. The van der Waals surface area contributed by atoms with Crippen LogP contribution in [0.2, 0.25) is 0 Å². The van der Waals surface area contributed by atoms with Crippen LogP contribution in [-0.4, -0.2) is 92.1 Å². The number of rotatable bonds is 2. The van der Waals surface area contributed by atoms with E-state index < -0.39 is 61.4 Å². The van der Waals surface area contributed by atoms with E-state index >= 15 is 0 Å². The summed E-state index contributed by atoms with van der Waals surface area (Å²) in [6.07, 6.45) is -13.0. The van der Waals surface area contributed by atoms with E-state index in [9.17, 15) is 30.6 Å². The van der Waals surface area contributed by atoms with Gasteiger partial charge in [-0.05, 0) is 13.8 Å². The molecule has 10 atom stereocenters. The minimum absolute atomic E-state index is 0.793. The van der Waals surface area contributed by atoms with Crippen LogP contribution in [0, 0.1) is 0 Å². The molecule has 124 valence electrons. The highest BCUT2D eigenvalue weighted by atomic mass is 16.7. The molecular weight excluding hydrogens is 288 g/mol. The molecule has 6 N–H and O–H groups in total. The van der Waals surface area contributed by atoms with Crippen molar-refractivity contribution in [3.8, 4) is 0 Å². The molecule has 0 saturated carbocycles. The van der Waals surface area contributed by atoms with Crippen molar-refractivity contribution < 1.29 is 44.8 Å². The molecule has 0 bridgehead atoms. The Balaban J connectivity index is 2.06. The van der Waals surface area contributed by atoms with Gasteiger partial charge in [-0.25, -0.2) is 0 Å². The van der Waals surface area contributed by atoms with Gasteiger partial charge in [0.15, 0.2) is 12.6 Å². The topological polar surface area (TPSA) is 149 Å². The van der Waals surface area contributed by atoms with Crippen molar-refractivity contribution in [3.63, 3.8) is 0 Å². The van der Waals surface area contributed by atoms with Crippen LogP contribution in [0.4, 0.5) is 0 Å². The first-order valence-corrected chi connectivity index (χ1v) is 6.78. The quantitative estimate of drug-likeness (QED) is 0.308. The standard InChI is InChI=1S/C12H22O9/c1-3-6(14)8(16)10(11(18)19-3)21-12-9(17)7(15)5(13)4(2)20-12/h3-18H,1-2H3/t3-,4-,5-,6+,7+,8+,9+,10+,11+,12-/m0/s1. The molecule has 0 aliphatic carbocycles. The van der Waals surface area contributed by atoms with Gasteiger partial charge >= 0.3 is 0 Å². The second-order valence-corrected chi connectivity index (χ2v) is 5.50. The van der Waals surface area contributed by atoms with E-state index in [4.69, 9.17) is 14.2 Å². The van der Waals surface area contributed by atoms with Crippen LogP contribution in [0.15, 0.2) is 0 Å². The number of aliphatic hydroxyl groups is 6. The maximum atomic E-state index is 9.91. The second-order valence-electron chi connectivity index (χ2n) is 5.50. The smallest absolute Gasteiger partial charge is 0.187 e. The summed E-state index contributed by atoms with van der Waals surface area (Å²) in [7, 11) is 0. The summed E-state index contributed by atoms with van der Waals surface area (Å²) >= 11 is 0. The molecule has 2 heterocycles. The molecule has 0 spiro atoms. The van der Waals surface area contributed by atoms with Crippen molar-refractivity contribution in [2.45, 2.75) is 75.3 Å². The van der Waals surface area contributed by atoms with Crippen molar-refractivity contribution >= 4 is 0 Å². The van der Waals surface area contributed by atoms with Gasteiger partial charge in [0.25, 0.3) is 0 Å². The van der Waals surface area contributed by atoms with Crippen molar-refractivity contribution in [2.75, 3.05) is 0 Å². The van der Waals surface area contributed by atoms with E-state index in [1.165, 1.54) is 13.8 Å². The van der Waals surface area contributed by atoms with Gasteiger partial charge in [0, 0.05) is 0 Å². The normalized spacial score (nSPS) is 55.4. The monoisotopic (exact) mass is 310 g/mol. The molecule has 2 saturated heterocycles. The Labute approximate surface area is 121 Å². The number of hydrogen-bond acceptors (Lipinski definition) is 9. The molecule has 0 amide bonds. The van der Waals surface area contributed by atoms with Crippen LogP contribution in [0.3, 0.4) is 0 Å². The first-order valence-electron chi connectivity index (χ1n) is 6.78. The lowest BCUT2D eigenvalue weighted by atomic mass is 9.98. The molecule has 0 radical (unpaired) electrons. The Kier molecular flexibility index (Phi) is 5.19. The maximum Gasteiger partial charge on any atom is 0.187 e. The zero-order valence-corrected chi connectivity index (χ0v) is 11.7. The van der Waals surface area contributed by atoms with Crippen LogP contribution in [0.1, 0.15) is 13.8 Å². The number of ether oxygens (including phenoxy) is 3. The summed E-state index contributed by atoms with van der Waals surface area (Å²) in [5.74, 6) is 0. The van der Waals surface area contributed by atoms with E-state index in [-0.39, 0.29) is 0 Å². The van der Waals surface area contributed by atoms with Gasteiger partial charge in [-0.1, -0.05) is 0 Å². The Morgan fingerprint density at radius 3 is 1.81 bits per heavy atom. The van der Waals surface area contributed by atoms with E-state index in [1.807, 2.05) is 0 Å². The maximum absolute atomic E-state index is 9.91. The van der Waals surface area contributed by atoms with Crippen LogP contribution in [0.25, 0.3) is 0 Å². The third-order valence-corrected chi connectivity index (χ3v) is 3.90. The largest absolute Gasteiger partial charge is 0.388 e. The molecule has 21 heavy (non-hydrogen) atoms. The van der Waals surface area contributed by atoms with E-state index in [1.54, 1.807) is 0 Å². The Morgan fingerprint density at radius 1 is 0.667 bits per heavy atom. The Hall–Kier alpha value is -0.360. The molecule has 2 aliphatic heterocycles. The minimum Gasteiger partial charge on any atom is -0.388 e. The predicted octanol–water partition coefficient (Wildman–Crippen LogP) is -3.34. The fraction of sp³-hybridized carbons (Fsp3) is 1.00. The molecule has 0 aromatic rings. The highest BCUT2D eigenvalue weighted by Crippen LogP contribution is 2.28. The van der Waals surface area contributed by atoms with E-state index in [2.05, 4.69) is 0 Å². The Morgan fingerprint density at radius 2 is 1.19 bits per heavy atom. The predicted molar refractivity (Wildman–Crippen MR) is 65.8 cm³/mol. The average molecular weight is 310 g/mol. The zero-order valence-electron chi connectivity index (χ0n) is 11.7. The highest BCUT2D eigenvalue weighted by molar-refractivity contribution is 4.91. The summed E-state index contributed by atoms with van der Waals surface area (Å²) < 4.78 is 15.5.